The lowest BCUT2D eigenvalue weighted by molar-refractivity contribution is 0.0655. The lowest BCUT2D eigenvalue weighted by Gasteiger charge is -2.22. The van der Waals surface area contributed by atoms with Gasteiger partial charge in [0, 0.05) is 5.41 Å². The van der Waals surface area contributed by atoms with E-state index in [2.05, 4.69) is 24.3 Å². The molecule has 0 aliphatic heterocycles. The molecule has 1 N–H and O–H groups in total. The van der Waals surface area contributed by atoms with Crippen molar-refractivity contribution in [3.8, 4) is 11.5 Å². The number of benzene rings is 2. The first-order chi connectivity index (χ1) is 13.6. The van der Waals surface area contributed by atoms with E-state index in [0.29, 0.717) is 5.92 Å². The van der Waals surface area contributed by atoms with E-state index in [-0.39, 0.29) is 5.41 Å². The Balaban J connectivity index is 1.46. The molecule has 2 aromatic rings. The number of ether oxygens (including phenoxy) is 2. The number of aliphatic hydroxyl groups is 1. The third kappa shape index (κ3) is 3.41. The van der Waals surface area contributed by atoms with Gasteiger partial charge in [-0.15, -0.1) is 0 Å². The van der Waals surface area contributed by atoms with Crippen LogP contribution in [0.25, 0.3) is 0 Å². The molecule has 0 radical (unpaired) electrons. The molecule has 2 aromatic carbocycles. The van der Waals surface area contributed by atoms with Gasteiger partial charge in [0.05, 0.1) is 19.8 Å². The third-order valence-corrected chi connectivity index (χ3v) is 7.36. The highest BCUT2D eigenvalue weighted by Crippen LogP contribution is 2.72. The molecular formula is C25H32O3. The normalized spacial score (nSPS) is 25.0. The molecule has 2 unspecified atom stereocenters. The van der Waals surface area contributed by atoms with Gasteiger partial charge in [-0.25, -0.2) is 0 Å². The van der Waals surface area contributed by atoms with Crippen LogP contribution < -0.4 is 9.47 Å². The van der Waals surface area contributed by atoms with Gasteiger partial charge < -0.3 is 14.6 Å². The van der Waals surface area contributed by atoms with Crippen molar-refractivity contribution in [2.75, 3.05) is 14.2 Å². The largest absolute Gasteiger partial charge is 0.497 e. The van der Waals surface area contributed by atoms with Crippen LogP contribution in [0.1, 0.15) is 49.7 Å². The van der Waals surface area contributed by atoms with Crippen molar-refractivity contribution < 1.29 is 14.6 Å². The van der Waals surface area contributed by atoms with Crippen LogP contribution in [0.5, 0.6) is 11.5 Å². The first-order valence-corrected chi connectivity index (χ1v) is 10.6. The second-order valence-electron chi connectivity index (χ2n) is 8.57. The Kier molecular flexibility index (Phi) is 5.37. The summed E-state index contributed by atoms with van der Waals surface area (Å²) in [4.78, 5) is 0. The summed E-state index contributed by atoms with van der Waals surface area (Å²) < 4.78 is 10.6. The second-order valence-corrected chi connectivity index (χ2v) is 8.57. The molecule has 2 aliphatic rings. The molecule has 4 rings (SSSR count). The minimum atomic E-state index is -0.440. The molecule has 0 amide bonds. The zero-order valence-corrected chi connectivity index (χ0v) is 17.1. The van der Waals surface area contributed by atoms with E-state index >= 15 is 0 Å². The minimum Gasteiger partial charge on any atom is -0.497 e. The van der Waals surface area contributed by atoms with Gasteiger partial charge in [-0.1, -0.05) is 37.1 Å². The molecule has 0 aromatic heterocycles. The summed E-state index contributed by atoms with van der Waals surface area (Å²) in [7, 11) is 3.40. The molecule has 0 spiro atoms. The Morgan fingerprint density at radius 3 is 1.71 bits per heavy atom. The predicted octanol–water partition coefficient (Wildman–Crippen LogP) is 5.19. The summed E-state index contributed by atoms with van der Waals surface area (Å²) in [5, 5.41) is 11.4. The van der Waals surface area contributed by atoms with E-state index < -0.39 is 5.60 Å². The van der Waals surface area contributed by atoms with Gasteiger partial charge in [0.2, 0.25) is 0 Å². The zero-order chi connectivity index (χ0) is 19.6. The molecule has 3 nitrogen and oxygen atoms in total. The Morgan fingerprint density at radius 2 is 1.32 bits per heavy atom. The summed E-state index contributed by atoms with van der Waals surface area (Å²) in [5.41, 5.74) is 2.29. The van der Waals surface area contributed by atoms with E-state index in [1.807, 2.05) is 24.3 Å². The van der Waals surface area contributed by atoms with Crippen molar-refractivity contribution >= 4 is 0 Å². The van der Waals surface area contributed by atoms with Crippen LogP contribution in [0, 0.1) is 11.3 Å². The SMILES string of the molecule is COc1ccc(CCC2(CCc3ccc(OC)cc3)C3CCCCC32O)cc1. The fourth-order valence-corrected chi connectivity index (χ4v) is 5.65. The van der Waals surface area contributed by atoms with Crippen molar-refractivity contribution in [3.05, 3.63) is 59.7 Å². The number of methoxy groups -OCH3 is 2. The molecule has 3 heteroatoms. The number of fused-ring (bicyclic) bond motifs is 1. The molecular weight excluding hydrogens is 348 g/mol. The van der Waals surface area contributed by atoms with Gasteiger partial charge in [0.15, 0.2) is 0 Å². The standard InChI is InChI=1S/C25H32O3/c1-27-21-10-6-19(7-11-21)14-17-24(23-5-3-4-16-25(23,24)26)18-15-20-8-12-22(28-2)13-9-20/h6-13,23,26H,3-5,14-18H2,1-2H3. The van der Waals surface area contributed by atoms with Gasteiger partial charge in [-0.2, -0.15) is 0 Å². The Hall–Kier alpha value is -2.00. The van der Waals surface area contributed by atoms with Gasteiger partial charge in [0.25, 0.3) is 0 Å². The van der Waals surface area contributed by atoms with Crippen LogP contribution in [0.2, 0.25) is 0 Å². The van der Waals surface area contributed by atoms with Crippen LogP contribution in [0.3, 0.4) is 0 Å². The second kappa shape index (κ2) is 7.79. The minimum absolute atomic E-state index is 0.0728. The number of hydrogen-bond acceptors (Lipinski definition) is 3. The topological polar surface area (TPSA) is 38.7 Å². The van der Waals surface area contributed by atoms with E-state index in [1.165, 1.54) is 30.4 Å². The zero-order valence-electron chi connectivity index (χ0n) is 17.1. The molecule has 0 heterocycles. The maximum atomic E-state index is 11.4. The summed E-state index contributed by atoms with van der Waals surface area (Å²) in [6, 6.07) is 16.8. The summed E-state index contributed by atoms with van der Waals surface area (Å²) in [6.07, 6.45) is 8.76. The Bertz CT molecular complexity index is 729. The molecule has 0 saturated heterocycles. The number of hydrogen-bond donors (Lipinski definition) is 1. The van der Waals surface area contributed by atoms with E-state index in [9.17, 15) is 5.11 Å². The van der Waals surface area contributed by atoms with E-state index in [0.717, 1.165) is 43.6 Å². The van der Waals surface area contributed by atoms with Crippen LogP contribution >= 0.6 is 0 Å². The predicted molar refractivity (Wildman–Crippen MR) is 112 cm³/mol. The summed E-state index contributed by atoms with van der Waals surface area (Å²) in [6.45, 7) is 0. The van der Waals surface area contributed by atoms with Gasteiger partial charge >= 0.3 is 0 Å². The average molecular weight is 381 g/mol. The lowest BCUT2D eigenvalue weighted by atomic mass is 9.85. The van der Waals surface area contributed by atoms with Crippen molar-refractivity contribution in [3.63, 3.8) is 0 Å². The molecule has 2 fully saturated rings. The summed E-state index contributed by atoms with van der Waals surface area (Å²) in [5.74, 6) is 2.28. The molecule has 0 bridgehead atoms. The fourth-order valence-electron chi connectivity index (χ4n) is 5.65. The molecule has 2 atom stereocenters. The smallest absolute Gasteiger partial charge is 0.118 e. The van der Waals surface area contributed by atoms with Crippen LogP contribution in [0.15, 0.2) is 48.5 Å². The Morgan fingerprint density at radius 1 is 0.821 bits per heavy atom. The van der Waals surface area contributed by atoms with Gasteiger partial charge in [0.1, 0.15) is 11.5 Å². The van der Waals surface area contributed by atoms with Crippen molar-refractivity contribution in [2.45, 2.75) is 57.0 Å². The first-order valence-electron chi connectivity index (χ1n) is 10.6. The maximum Gasteiger partial charge on any atom is 0.118 e. The van der Waals surface area contributed by atoms with Gasteiger partial charge in [-0.05, 0) is 79.8 Å². The third-order valence-electron chi connectivity index (χ3n) is 7.36. The van der Waals surface area contributed by atoms with E-state index in [4.69, 9.17) is 9.47 Å². The van der Waals surface area contributed by atoms with E-state index in [1.54, 1.807) is 14.2 Å². The van der Waals surface area contributed by atoms with Crippen molar-refractivity contribution in [1.82, 2.24) is 0 Å². The van der Waals surface area contributed by atoms with Crippen LogP contribution in [-0.4, -0.2) is 24.9 Å². The highest BCUT2D eigenvalue weighted by Gasteiger charge is 2.74. The fraction of sp³-hybridized carbons (Fsp3) is 0.520. The maximum absolute atomic E-state index is 11.4. The Labute approximate surface area is 168 Å². The monoisotopic (exact) mass is 380 g/mol. The highest BCUT2D eigenvalue weighted by atomic mass is 16.5. The molecule has 150 valence electrons. The molecule has 2 saturated carbocycles. The highest BCUT2D eigenvalue weighted by molar-refractivity contribution is 5.31. The van der Waals surface area contributed by atoms with Crippen molar-refractivity contribution in [1.29, 1.82) is 0 Å². The van der Waals surface area contributed by atoms with Crippen LogP contribution in [-0.2, 0) is 12.8 Å². The molecule has 2 aliphatic carbocycles. The lowest BCUT2D eigenvalue weighted by Crippen LogP contribution is -2.22. The van der Waals surface area contributed by atoms with Crippen molar-refractivity contribution in [2.24, 2.45) is 11.3 Å². The number of rotatable bonds is 8. The number of aryl methyl sites for hydroxylation is 2. The van der Waals surface area contributed by atoms with Crippen LogP contribution in [0.4, 0.5) is 0 Å². The first kappa shape index (κ1) is 19.3. The van der Waals surface area contributed by atoms with Gasteiger partial charge in [-0.3, -0.25) is 0 Å². The summed E-state index contributed by atoms with van der Waals surface area (Å²) >= 11 is 0. The average Bonchev–Trinajstić information content (AvgIpc) is 3.29. The molecule has 28 heavy (non-hydrogen) atoms. The quantitative estimate of drug-likeness (QED) is 0.685.